The summed E-state index contributed by atoms with van der Waals surface area (Å²) >= 11 is 1.43. The second-order valence-electron chi connectivity index (χ2n) is 7.15. The molecule has 1 N–H and O–H groups in total. The molecule has 0 unspecified atom stereocenters. The van der Waals surface area contributed by atoms with Crippen LogP contribution in [0.4, 0.5) is 0 Å². The molecule has 0 saturated carbocycles. The predicted octanol–water partition coefficient (Wildman–Crippen LogP) is 4.30. The molecule has 1 aliphatic heterocycles. The molecule has 26 heavy (non-hydrogen) atoms. The zero-order chi connectivity index (χ0) is 18.7. The molecule has 0 radical (unpaired) electrons. The number of carbonyl (C=O) groups excluding carboxylic acids is 1. The summed E-state index contributed by atoms with van der Waals surface area (Å²) in [7, 11) is 0. The summed E-state index contributed by atoms with van der Waals surface area (Å²) in [6, 6.07) is 8.95. The van der Waals surface area contributed by atoms with Gasteiger partial charge in [0.1, 0.15) is 0 Å². The third kappa shape index (κ3) is 4.11. The van der Waals surface area contributed by atoms with Crippen molar-refractivity contribution in [1.82, 2.24) is 20.1 Å². The van der Waals surface area contributed by atoms with Crippen LogP contribution in [0.5, 0.6) is 0 Å². The van der Waals surface area contributed by atoms with E-state index in [9.17, 15) is 4.79 Å². The third-order valence-electron chi connectivity index (χ3n) is 5.18. The van der Waals surface area contributed by atoms with Gasteiger partial charge in [-0.05, 0) is 52.0 Å². The zero-order valence-electron chi connectivity index (χ0n) is 16.0. The number of aromatic amines is 1. The fourth-order valence-electron chi connectivity index (χ4n) is 3.60. The van der Waals surface area contributed by atoms with Crippen LogP contribution in [0.25, 0.3) is 11.4 Å². The number of benzene rings is 1. The molecule has 5 nitrogen and oxygen atoms in total. The van der Waals surface area contributed by atoms with Crippen LogP contribution in [0.3, 0.4) is 0 Å². The molecule has 1 aromatic carbocycles. The van der Waals surface area contributed by atoms with E-state index in [1.807, 2.05) is 6.92 Å². The number of thioether (sulfide) groups is 1. The van der Waals surface area contributed by atoms with E-state index in [0.29, 0.717) is 17.2 Å². The topological polar surface area (TPSA) is 61.9 Å². The fraction of sp³-hybridized carbons (Fsp3) is 0.550. The van der Waals surface area contributed by atoms with Crippen molar-refractivity contribution in [2.24, 2.45) is 0 Å². The first-order chi connectivity index (χ1) is 12.5. The molecule has 0 bridgehead atoms. The second kappa shape index (κ2) is 8.25. The Hall–Kier alpha value is -1.82. The minimum Gasteiger partial charge on any atom is -0.336 e. The Kier molecular flexibility index (Phi) is 6.01. The number of aromatic nitrogens is 3. The molecule has 2 heterocycles. The van der Waals surface area contributed by atoms with Crippen LogP contribution in [0.15, 0.2) is 29.4 Å². The standard InChI is InChI=1S/C20H28N4OS/c1-5-16-9-11-17(12-10-16)18-21-20(23-22-18)26-15(4)19(25)24-13(2)7-6-8-14(24)3/h9-15H,5-8H2,1-4H3,(H,21,22,23)/t13-,14-,15-/m0/s1. The van der Waals surface area contributed by atoms with Crippen molar-refractivity contribution in [3.05, 3.63) is 29.8 Å². The Morgan fingerprint density at radius 1 is 1.27 bits per heavy atom. The molecule has 1 fully saturated rings. The number of hydrogen-bond acceptors (Lipinski definition) is 4. The molecular formula is C20H28N4OS. The predicted molar refractivity (Wildman–Crippen MR) is 106 cm³/mol. The maximum absolute atomic E-state index is 12.9. The van der Waals surface area contributed by atoms with E-state index >= 15 is 0 Å². The molecule has 1 aliphatic rings. The van der Waals surface area contributed by atoms with Gasteiger partial charge >= 0.3 is 0 Å². The van der Waals surface area contributed by atoms with Crippen molar-refractivity contribution < 1.29 is 4.79 Å². The van der Waals surface area contributed by atoms with Crippen molar-refractivity contribution in [3.8, 4) is 11.4 Å². The van der Waals surface area contributed by atoms with Gasteiger partial charge in [0.05, 0.1) is 5.25 Å². The highest BCUT2D eigenvalue weighted by Gasteiger charge is 2.32. The Morgan fingerprint density at radius 3 is 2.54 bits per heavy atom. The second-order valence-corrected chi connectivity index (χ2v) is 8.46. The number of aryl methyl sites for hydroxylation is 1. The normalized spacial score (nSPS) is 21.6. The summed E-state index contributed by atoms with van der Waals surface area (Å²) in [6.45, 7) is 8.39. The molecule has 3 rings (SSSR count). The van der Waals surface area contributed by atoms with Gasteiger partial charge in [-0.1, -0.05) is 43.0 Å². The van der Waals surface area contributed by atoms with E-state index in [4.69, 9.17) is 0 Å². The van der Waals surface area contributed by atoms with E-state index in [0.717, 1.165) is 30.7 Å². The zero-order valence-corrected chi connectivity index (χ0v) is 16.8. The lowest BCUT2D eigenvalue weighted by Crippen LogP contribution is -2.50. The number of H-pyrrole nitrogens is 1. The van der Waals surface area contributed by atoms with E-state index in [-0.39, 0.29) is 11.2 Å². The van der Waals surface area contributed by atoms with Gasteiger partial charge in [0.25, 0.3) is 0 Å². The lowest BCUT2D eigenvalue weighted by atomic mass is 9.97. The van der Waals surface area contributed by atoms with Crippen LogP contribution in [0.1, 0.15) is 52.5 Å². The molecule has 2 aromatic rings. The number of rotatable bonds is 5. The lowest BCUT2D eigenvalue weighted by molar-refractivity contribution is -0.136. The Bertz CT molecular complexity index is 733. The van der Waals surface area contributed by atoms with Crippen LogP contribution < -0.4 is 0 Å². The van der Waals surface area contributed by atoms with E-state index in [1.165, 1.54) is 23.7 Å². The number of amides is 1. The summed E-state index contributed by atoms with van der Waals surface area (Å²) in [4.78, 5) is 19.5. The number of likely N-dealkylation sites (tertiary alicyclic amines) is 1. The first kappa shape index (κ1) is 19.0. The number of hydrogen-bond donors (Lipinski definition) is 1. The van der Waals surface area contributed by atoms with Gasteiger partial charge in [-0.15, -0.1) is 5.10 Å². The highest BCUT2D eigenvalue weighted by atomic mass is 32.2. The van der Waals surface area contributed by atoms with Crippen LogP contribution in [-0.4, -0.2) is 43.3 Å². The smallest absolute Gasteiger partial charge is 0.236 e. The minimum absolute atomic E-state index is 0.188. The fourth-order valence-corrected chi connectivity index (χ4v) is 4.38. The van der Waals surface area contributed by atoms with Crippen molar-refractivity contribution in [1.29, 1.82) is 0 Å². The molecule has 1 saturated heterocycles. The summed E-state index contributed by atoms with van der Waals surface area (Å²) in [5, 5.41) is 7.72. The van der Waals surface area contributed by atoms with Gasteiger partial charge in [0.15, 0.2) is 5.82 Å². The first-order valence-electron chi connectivity index (χ1n) is 9.50. The maximum Gasteiger partial charge on any atom is 0.236 e. The van der Waals surface area contributed by atoms with Crippen LogP contribution >= 0.6 is 11.8 Å². The van der Waals surface area contributed by atoms with Gasteiger partial charge in [-0.2, -0.15) is 0 Å². The molecular weight excluding hydrogens is 344 g/mol. The monoisotopic (exact) mass is 372 g/mol. The molecule has 1 amide bonds. The van der Waals surface area contributed by atoms with Crippen molar-refractivity contribution in [3.63, 3.8) is 0 Å². The van der Waals surface area contributed by atoms with Gasteiger partial charge in [0.2, 0.25) is 11.1 Å². The van der Waals surface area contributed by atoms with E-state index in [2.05, 4.69) is 65.1 Å². The summed E-state index contributed by atoms with van der Waals surface area (Å²) in [6.07, 6.45) is 4.40. The third-order valence-corrected chi connectivity index (χ3v) is 6.13. The quantitative estimate of drug-likeness (QED) is 0.795. The Morgan fingerprint density at radius 2 is 1.92 bits per heavy atom. The van der Waals surface area contributed by atoms with Gasteiger partial charge in [-0.3, -0.25) is 9.89 Å². The Labute approximate surface area is 160 Å². The highest BCUT2D eigenvalue weighted by Crippen LogP contribution is 2.28. The molecule has 0 aliphatic carbocycles. The van der Waals surface area contributed by atoms with Gasteiger partial charge in [0, 0.05) is 17.6 Å². The lowest BCUT2D eigenvalue weighted by Gasteiger charge is -2.40. The van der Waals surface area contributed by atoms with Gasteiger partial charge in [-0.25, -0.2) is 4.98 Å². The highest BCUT2D eigenvalue weighted by molar-refractivity contribution is 8.00. The average molecular weight is 373 g/mol. The number of nitrogens with one attached hydrogen (secondary N) is 1. The SMILES string of the molecule is CCc1ccc(-c2nc(S[C@@H](C)C(=O)N3[C@@H](C)CCC[C@@H]3C)n[nH]2)cc1. The van der Waals surface area contributed by atoms with Crippen LogP contribution in [0, 0.1) is 0 Å². The molecule has 6 heteroatoms. The Balaban J connectivity index is 1.67. The van der Waals surface area contributed by atoms with Crippen molar-refractivity contribution in [2.75, 3.05) is 0 Å². The number of piperidine rings is 1. The molecule has 1 aromatic heterocycles. The first-order valence-corrected chi connectivity index (χ1v) is 10.4. The van der Waals surface area contributed by atoms with Crippen LogP contribution in [0.2, 0.25) is 0 Å². The maximum atomic E-state index is 12.9. The molecule has 3 atom stereocenters. The summed E-state index contributed by atoms with van der Waals surface area (Å²) < 4.78 is 0. The average Bonchev–Trinajstić information content (AvgIpc) is 3.10. The largest absolute Gasteiger partial charge is 0.336 e. The van der Waals surface area contributed by atoms with E-state index in [1.54, 1.807) is 0 Å². The summed E-state index contributed by atoms with van der Waals surface area (Å²) in [5.74, 6) is 0.933. The minimum atomic E-state index is -0.191. The molecule has 0 spiro atoms. The number of nitrogens with zero attached hydrogens (tertiary/aromatic N) is 3. The van der Waals surface area contributed by atoms with Gasteiger partial charge < -0.3 is 4.90 Å². The van der Waals surface area contributed by atoms with Crippen molar-refractivity contribution in [2.45, 2.75) is 75.9 Å². The van der Waals surface area contributed by atoms with Crippen molar-refractivity contribution >= 4 is 17.7 Å². The van der Waals surface area contributed by atoms with E-state index < -0.39 is 0 Å². The number of carbonyl (C=O) groups is 1. The molecule has 140 valence electrons. The summed E-state index contributed by atoms with van der Waals surface area (Å²) in [5.41, 5.74) is 2.31. The van der Waals surface area contributed by atoms with Crippen LogP contribution in [-0.2, 0) is 11.2 Å².